The summed E-state index contributed by atoms with van der Waals surface area (Å²) in [6.45, 7) is 1.14. The molecule has 2 rings (SSSR count). The van der Waals surface area contributed by atoms with E-state index in [9.17, 15) is 28.1 Å². The number of nitrogens with zero attached hydrogens (tertiary/aromatic N) is 1. The Morgan fingerprint density at radius 2 is 1.89 bits per heavy atom. The number of hydrogen-bond acceptors (Lipinski definition) is 6. The van der Waals surface area contributed by atoms with Crippen LogP contribution in [0.25, 0.3) is 0 Å². The molecule has 11 heteroatoms. The Bertz CT molecular complexity index is 1020. The van der Waals surface area contributed by atoms with E-state index in [0.29, 0.717) is 5.56 Å². The van der Waals surface area contributed by atoms with E-state index in [2.05, 4.69) is 10.6 Å². The molecular formula is C16H16N4O6S. The fraction of sp³-hybridized carbons (Fsp3) is 0.125. The average molecular weight is 392 g/mol. The summed E-state index contributed by atoms with van der Waals surface area (Å²) in [6, 6.07) is 9.24. The van der Waals surface area contributed by atoms with Crippen LogP contribution in [-0.4, -0.2) is 31.7 Å². The summed E-state index contributed by atoms with van der Waals surface area (Å²) in [4.78, 5) is 33.9. The molecule has 0 bridgehead atoms. The molecule has 0 aliphatic rings. The van der Waals surface area contributed by atoms with Gasteiger partial charge in [0.2, 0.25) is 15.9 Å². The Morgan fingerprint density at radius 1 is 1.19 bits per heavy atom. The molecule has 0 saturated heterocycles. The lowest BCUT2D eigenvalue weighted by Crippen LogP contribution is -2.32. The number of nitrogens with one attached hydrogen (secondary N) is 2. The number of non-ortho nitro benzene ring substituents is 1. The Morgan fingerprint density at radius 3 is 2.52 bits per heavy atom. The fourth-order valence-corrected chi connectivity index (χ4v) is 3.02. The number of rotatable bonds is 6. The third-order valence-corrected chi connectivity index (χ3v) is 4.56. The SMILES string of the molecule is Cc1ccc(NC(=O)CNC(=O)c2cccc([N+](=O)[O-])c2)cc1S(N)(=O)=O. The van der Waals surface area contributed by atoms with Crippen LogP contribution in [-0.2, 0) is 14.8 Å². The van der Waals surface area contributed by atoms with Crippen LogP contribution in [0.15, 0.2) is 47.4 Å². The Balaban J connectivity index is 2.02. The van der Waals surface area contributed by atoms with Crippen molar-refractivity contribution >= 4 is 33.2 Å². The zero-order valence-corrected chi connectivity index (χ0v) is 14.9. The fourth-order valence-electron chi connectivity index (χ4n) is 2.21. The quantitative estimate of drug-likeness (QED) is 0.489. The van der Waals surface area contributed by atoms with Crippen LogP contribution >= 0.6 is 0 Å². The normalized spacial score (nSPS) is 10.9. The van der Waals surface area contributed by atoms with E-state index >= 15 is 0 Å². The van der Waals surface area contributed by atoms with Crippen molar-refractivity contribution in [2.45, 2.75) is 11.8 Å². The van der Waals surface area contributed by atoms with E-state index in [1.165, 1.54) is 36.4 Å². The number of carbonyl (C=O) groups excluding carboxylic acids is 2. The molecule has 142 valence electrons. The highest BCUT2D eigenvalue weighted by Crippen LogP contribution is 2.19. The number of primary sulfonamides is 1. The number of aryl methyl sites for hydroxylation is 1. The molecule has 2 amide bonds. The van der Waals surface area contributed by atoms with Crippen molar-refractivity contribution in [2.24, 2.45) is 5.14 Å². The molecule has 0 saturated carbocycles. The number of sulfonamides is 1. The largest absolute Gasteiger partial charge is 0.343 e. The van der Waals surface area contributed by atoms with Crippen molar-refractivity contribution in [2.75, 3.05) is 11.9 Å². The summed E-state index contributed by atoms with van der Waals surface area (Å²) >= 11 is 0. The summed E-state index contributed by atoms with van der Waals surface area (Å²) in [5.41, 5.74) is 0.403. The highest BCUT2D eigenvalue weighted by atomic mass is 32.2. The number of amides is 2. The molecule has 2 aromatic rings. The predicted octanol–water partition coefficient (Wildman–Crippen LogP) is 0.919. The molecule has 0 aliphatic heterocycles. The first kappa shape index (κ1) is 20.0. The lowest BCUT2D eigenvalue weighted by atomic mass is 10.2. The third-order valence-electron chi connectivity index (χ3n) is 3.51. The second-order valence-electron chi connectivity index (χ2n) is 5.56. The van der Waals surface area contributed by atoms with Crippen LogP contribution in [0, 0.1) is 17.0 Å². The standard InChI is InChI=1S/C16H16N4O6S/c1-10-5-6-12(8-14(10)27(17,25)26)19-15(21)9-18-16(22)11-3-2-4-13(7-11)20(23)24/h2-8H,9H2,1H3,(H,18,22)(H,19,21)(H2,17,25,26). The van der Waals surface area contributed by atoms with Gasteiger partial charge in [0, 0.05) is 23.4 Å². The minimum atomic E-state index is -3.94. The lowest BCUT2D eigenvalue weighted by Gasteiger charge is -2.09. The van der Waals surface area contributed by atoms with E-state index < -0.39 is 33.3 Å². The van der Waals surface area contributed by atoms with Gasteiger partial charge >= 0.3 is 0 Å². The number of hydrogen-bond donors (Lipinski definition) is 3. The van der Waals surface area contributed by atoms with Gasteiger partial charge in [0.25, 0.3) is 11.6 Å². The molecule has 0 atom stereocenters. The van der Waals surface area contributed by atoms with Gasteiger partial charge in [0.05, 0.1) is 16.4 Å². The van der Waals surface area contributed by atoms with Crippen LogP contribution in [0.5, 0.6) is 0 Å². The smallest absolute Gasteiger partial charge is 0.270 e. The maximum atomic E-state index is 12.0. The van der Waals surface area contributed by atoms with Crippen molar-refractivity contribution in [3.05, 3.63) is 63.7 Å². The third kappa shape index (κ3) is 5.33. The van der Waals surface area contributed by atoms with Crippen LogP contribution < -0.4 is 15.8 Å². The summed E-state index contributed by atoms with van der Waals surface area (Å²) in [5.74, 6) is -1.28. The molecule has 10 nitrogen and oxygen atoms in total. The molecule has 0 heterocycles. The Hall–Kier alpha value is -3.31. The van der Waals surface area contributed by atoms with Crippen molar-refractivity contribution in [3.63, 3.8) is 0 Å². The number of benzene rings is 2. The molecule has 0 unspecified atom stereocenters. The first-order valence-electron chi connectivity index (χ1n) is 7.54. The van der Waals surface area contributed by atoms with Gasteiger partial charge in [-0.05, 0) is 30.7 Å². The molecule has 0 radical (unpaired) electrons. The Labute approximate surface area is 154 Å². The highest BCUT2D eigenvalue weighted by Gasteiger charge is 2.15. The molecular weight excluding hydrogens is 376 g/mol. The minimum Gasteiger partial charge on any atom is -0.343 e. The summed E-state index contributed by atoms with van der Waals surface area (Å²) < 4.78 is 23.0. The number of nitrogens with two attached hydrogens (primary N) is 1. The van der Waals surface area contributed by atoms with E-state index in [-0.39, 0.29) is 21.8 Å². The monoisotopic (exact) mass is 392 g/mol. The first-order valence-corrected chi connectivity index (χ1v) is 9.08. The Kier molecular flexibility index (Phi) is 5.88. The van der Waals surface area contributed by atoms with E-state index in [1.54, 1.807) is 6.92 Å². The second kappa shape index (κ2) is 7.93. The predicted molar refractivity (Wildman–Crippen MR) is 96.6 cm³/mol. The maximum Gasteiger partial charge on any atom is 0.270 e. The van der Waals surface area contributed by atoms with Gasteiger partial charge in [-0.2, -0.15) is 0 Å². The number of nitro groups is 1. The van der Waals surface area contributed by atoms with E-state index in [0.717, 1.165) is 6.07 Å². The average Bonchev–Trinajstić information content (AvgIpc) is 2.60. The lowest BCUT2D eigenvalue weighted by molar-refractivity contribution is -0.384. The van der Waals surface area contributed by atoms with Crippen LogP contribution in [0.4, 0.5) is 11.4 Å². The van der Waals surface area contributed by atoms with Crippen molar-refractivity contribution in [1.29, 1.82) is 0 Å². The van der Waals surface area contributed by atoms with E-state index in [4.69, 9.17) is 5.14 Å². The first-order chi connectivity index (χ1) is 12.6. The highest BCUT2D eigenvalue weighted by molar-refractivity contribution is 7.89. The molecule has 0 aliphatic carbocycles. The van der Waals surface area contributed by atoms with Gasteiger partial charge in [-0.3, -0.25) is 19.7 Å². The second-order valence-corrected chi connectivity index (χ2v) is 7.09. The number of carbonyl (C=O) groups is 2. The summed E-state index contributed by atoms with van der Waals surface area (Å²) in [5, 5.41) is 20.6. The van der Waals surface area contributed by atoms with Crippen molar-refractivity contribution in [1.82, 2.24) is 5.32 Å². The van der Waals surface area contributed by atoms with E-state index in [1.807, 2.05) is 0 Å². The summed E-state index contributed by atoms with van der Waals surface area (Å²) in [6.07, 6.45) is 0. The maximum absolute atomic E-state index is 12.0. The molecule has 0 aromatic heterocycles. The van der Waals surface area contributed by atoms with Crippen LogP contribution in [0.3, 0.4) is 0 Å². The molecule has 0 fully saturated rings. The summed E-state index contributed by atoms with van der Waals surface area (Å²) in [7, 11) is -3.94. The van der Waals surface area contributed by atoms with Crippen LogP contribution in [0.1, 0.15) is 15.9 Å². The minimum absolute atomic E-state index is 0.0313. The van der Waals surface area contributed by atoms with Gasteiger partial charge < -0.3 is 10.6 Å². The van der Waals surface area contributed by atoms with Gasteiger partial charge in [-0.15, -0.1) is 0 Å². The topological polar surface area (TPSA) is 162 Å². The number of anilines is 1. The van der Waals surface area contributed by atoms with Gasteiger partial charge in [0.15, 0.2) is 0 Å². The number of nitro benzene ring substituents is 1. The molecule has 2 aromatic carbocycles. The van der Waals surface area contributed by atoms with Gasteiger partial charge in [0.1, 0.15) is 0 Å². The van der Waals surface area contributed by atoms with Gasteiger partial charge in [-0.1, -0.05) is 12.1 Å². The molecule has 27 heavy (non-hydrogen) atoms. The zero-order valence-electron chi connectivity index (χ0n) is 14.1. The zero-order chi connectivity index (χ0) is 20.2. The van der Waals surface area contributed by atoms with Crippen molar-refractivity contribution in [3.8, 4) is 0 Å². The van der Waals surface area contributed by atoms with Gasteiger partial charge in [-0.25, -0.2) is 13.6 Å². The molecule has 4 N–H and O–H groups in total. The van der Waals surface area contributed by atoms with Crippen LogP contribution in [0.2, 0.25) is 0 Å². The van der Waals surface area contributed by atoms with Crippen molar-refractivity contribution < 1.29 is 22.9 Å². The molecule has 0 spiro atoms.